The van der Waals surface area contributed by atoms with E-state index in [1.165, 1.54) is 78.7 Å². The number of epoxide rings is 1. The third-order valence-corrected chi connectivity index (χ3v) is 19.9. The molecule has 4 N–H and O–H groups in total. The molecule has 3 saturated heterocycles. The van der Waals surface area contributed by atoms with Crippen LogP contribution < -0.4 is 20.3 Å². The van der Waals surface area contributed by atoms with E-state index >= 15 is 0 Å². The molecule has 0 aliphatic carbocycles. The quantitative estimate of drug-likeness (QED) is 0.0174. The van der Waals surface area contributed by atoms with E-state index in [1.807, 2.05) is 33.1 Å². The smallest absolute Gasteiger partial charge is 0.409 e. The number of pyridine rings is 1. The number of carbonyl (C=O) groups excluding carboxylic acids is 9. The molecule has 4 bridgehead atoms. The number of allylic oxidation sites excluding steroid dienone is 4. The number of fused-ring (bicyclic) bond motifs is 5. The van der Waals surface area contributed by atoms with Gasteiger partial charge in [-0.05, 0) is 82.7 Å². The first-order valence-electron chi connectivity index (χ1n) is 29.6. The maximum absolute atomic E-state index is 14.5. The van der Waals surface area contributed by atoms with Gasteiger partial charge in [0.15, 0.2) is 17.3 Å². The Morgan fingerprint density at radius 3 is 2.42 bits per heavy atom. The van der Waals surface area contributed by atoms with E-state index in [2.05, 4.69) is 15.6 Å². The molecule has 0 radical (unpaired) electrons. The van der Waals surface area contributed by atoms with E-state index < -0.39 is 99.7 Å². The molecule has 1 aromatic heterocycles. The van der Waals surface area contributed by atoms with Crippen LogP contribution in [0.5, 0.6) is 5.75 Å². The zero-order chi connectivity index (χ0) is 66.6. The van der Waals surface area contributed by atoms with Crippen LogP contribution in [0.2, 0.25) is 5.02 Å². The van der Waals surface area contributed by atoms with Crippen molar-refractivity contribution in [3.8, 4) is 5.75 Å². The molecule has 23 nitrogen and oxygen atoms in total. The molecular formula is C63H83ClN6O17S3. The average Bonchev–Trinajstić information content (AvgIpc) is 2.25. The zero-order valence-corrected chi connectivity index (χ0v) is 56.2. The van der Waals surface area contributed by atoms with Gasteiger partial charge in [-0.15, -0.1) is 23.5 Å². The number of halogens is 1. The first kappa shape index (κ1) is 72.8. The highest BCUT2D eigenvalue weighted by molar-refractivity contribution is 8.03. The van der Waals surface area contributed by atoms with Crippen LogP contribution in [0.3, 0.4) is 0 Å². The lowest BCUT2D eigenvalue weighted by atomic mass is 9.83. The molecule has 4 aliphatic heterocycles. The Balaban J connectivity index is 1.05. The van der Waals surface area contributed by atoms with Crippen molar-refractivity contribution in [1.29, 1.82) is 0 Å². The number of rotatable bonds is 26. The minimum absolute atomic E-state index is 0.00197. The lowest BCUT2D eigenvalue weighted by Gasteiger charge is -2.42. The fourth-order valence-electron chi connectivity index (χ4n) is 11.0. The Bertz CT molecular complexity index is 3180. The summed E-state index contributed by atoms with van der Waals surface area (Å²) in [7, 11) is 5.87. The number of esters is 1. The van der Waals surface area contributed by atoms with E-state index in [-0.39, 0.29) is 102 Å². The van der Waals surface area contributed by atoms with Gasteiger partial charge in [0.1, 0.15) is 40.7 Å². The molecule has 1 aromatic carbocycles. The highest BCUT2D eigenvalue weighted by Gasteiger charge is 2.64. The summed E-state index contributed by atoms with van der Waals surface area (Å²) in [6, 6.07) is 3.82. The molecule has 2 aromatic rings. The number of likely N-dealkylation sites (N-methyl/N-ethyl adjacent to an activating group) is 1. The average molecular weight is 1330 g/mol. The molecule has 0 saturated carbocycles. The van der Waals surface area contributed by atoms with Gasteiger partial charge in [0.05, 0.1) is 53.3 Å². The fourth-order valence-corrected chi connectivity index (χ4v) is 13.7. The largest absolute Gasteiger partial charge is 0.495 e. The summed E-state index contributed by atoms with van der Waals surface area (Å²) in [6.45, 7) is 10.7. The number of thioether (sulfide) groups is 3. The Morgan fingerprint density at radius 2 is 1.76 bits per heavy atom. The van der Waals surface area contributed by atoms with Gasteiger partial charge in [-0.3, -0.25) is 48.8 Å². The fraction of sp³-hybridized carbons (Fsp3) is 0.571. The molecule has 27 heteroatoms. The summed E-state index contributed by atoms with van der Waals surface area (Å²) in [5.74, 6) is -4.63. The van der Waals surface area contributed by atoms with Crippen molar-refractivity contribution in [2.75, 3.05) is 63.3 Å². The number of ether oxygens (including phenoxy) is 5. The van der Waals surface area contributed by atoms with Crippen LogP contribution in [0.1, 0.15) is 127 Å². The predicted octanol–water partition coefficient (Wildman–Crippen LogP) is 7.91. The number of imide groups is 1. The number of carboxylic acids is 1. The van der Waals surface area contributed by atoms with Crippen molar-refractivity contribution in [1.82, 2.24) is 20.1 Å². The monoisotopic (exact) mass is 1330 g/mol. The van der Waals surface area contributed by atoms with Crippen molar-refractivity contribution < 1.29 is 81.8 Å². The zero-order valence-electron chi connectivity index (χ0n) is 53.0. The van der Waals surface area contributed by atoms with Gasteiger partial charge in [-0.25, -0.2) is 14.4 Å². The number of aliphatic carboxylic acids is 1. The van der Waals surface area contributed by atoms with Crippen LogP contribution in [0.25, 0.3) is 0 Å². The van der Waals surface area contributed by atoms with Gasteiger partial charge in [0, 0.05) is 94.1 Å². The third-order valence-electron chi connectivity index (χ3n) is 16.6. The van der Waals surface area contributed by atoms with E-state index in [0.29, 0.717) is 42.9 Å². The number of aromatic nitrogens is 1. The molecule has 6 rings (SSSR count). The summed E-state index contributed by atoms with van der Waals surface area (Å²) >= 11 is 10.6. The second kappa shape index (κ2) is 31.8. The molecule has 492 valence electrons. The highest BCUT2D eigenvalue weighted by Crippen LogP contribution is 2.49. The Kier molecular flexibility index (Phi) is 25.7. The number of carbonyl (C=O) groups is 10. The van der Waals surface area contributed by atoms with Crippen LogP contribution >= 0.6 is 46.9 Å². The number of benzene rings is 1. The van der Waals surface area contributed by atoms with Crippen LogP contribution in [0, 0.1) is 5.92 Å². The van der Waals surface area contributed by atoms with E-state index in [9.17, 15) is 58.2 Å². The van der Waals surface area contributed by atoms with Crippen LogP contribution in [0.15, 0.2) is 59.2 Å². The van der Waals surface area contributed by atoms with Gasteiger partial charge >= 0.3 is 18.0 Å². The van der Waals surface area contributed by atoms with Crippen LogP contribution in [-0.4, -0.2) is 189 Å². The molecule has 90 heavy (non-hydrogen) atoms. The number of aliphatic hydroxyl groups is 1. The minimum atomic E-state index is -1.90. The van der Waals surface area contributed by atoms with Gasteiger partial charge in [-0.2, -0.15) is 11.8 Å². The number of anilines is 2. The van der Waals surface area contributed by atoms with Gasteiger partial charge in [0.25, 0.3) is 0 Å². The summed E-state index contributed by atoms with van der Waals surface area (Å²) in [6.07, 6.45) is 7.23. The second-order valence-electron chi connectivity index (χ2n) is 23.8. The first-order valence-corrected chi connectivity index (χ1v) is 33.5. The third kappa shape index (κ3) is 18.7. The summed E-state index contributed by atoms with van der Waals surface area (Å²) in [5.41, 5.74) is -0.711. The lowest BCUT2D eigenvalue weighted by molar-refractivity contribution is -0.162. The number of alkyl carbamates (subject to hydrolysis) is 1. The summed E-state index contributed by atoms with van der Waals surface area (Å²) in [4.78, 5) is 141. The Morgan fingerprint density at radius 1 is 1.03 bits per heavy atom. The van der Waals surface area contributed by atoms with E-state index in [1.54, 1.807) is 51.4 Å². The van der Waals surface area contributed by atoms with Gasteiger partial charge < -0.3 is 49.0 Å². The summed E-state index contributed by atoms with van der Waals surface area (Å²) < 4.78 is 28.9. The Labute approximate surface area is 542 Å². The second-order valence-corrected chi connectivity index (χ2v) is 27.9. The van der Waals surface area contributed by atoms with Crippen molar-refractivity contribution in [2.24, 2.45) is 5.92 Å². The molecule has 4 aliphatic rings. The van der Waals surface area contributed by atoms with Gasteiger partial charge in [0.2, 0.25) is 29.5 Å². The number of likely N-dealkylation sites (tertiary alicyclic amines) is 1. The molecule has 1 unspecified atom stereocenters. The van der Waals surface area contributed by atoms with Crippen LogP contribution in [0.4, 0.5) is 16.2 Å². The number of unbranched alkanes of at least 4 members (excludes halogenated alkanes) is 2. The maximum Gasteiger partial charge on any atom is 0.409 e. The lowest BCUT2D eigenvalue weighted by Crippen LogP contribution is -2.63. The molecule has 5 heterocycles. The van der Waals surface area contributed by atoms with Crippen molar-refractivity contribution >= 4 is 117 Å². The van der Waals surface area contributed by atoms with Crippen molar-refractivity contribution in [2.45, 2.75) is 170 Å². The van der Waals surface area contributed by atoms with Crippen molar-refractivity contribution in [3.05, 3.63) is 81.0 Å². The molecule has 0 spiro atoms. The molecule has 6 amide bonds. The maximum atomic E-state index is 14.5. The Hall–Kier alpha value is -6.29. The SMILES string of the molecule is COc1cc2cc(c1Cl)N(C)C(=O)C[C@H](OC(=O)[C@H](C)N(C)C(=O)CCC(C)(C)SC1CC(=O)N(CCCCCC(=O)c3cnc(CC(=O)/C(=C\C(=O)O)SC)c(NC(=O)CCSC)c3)C1=O)[C@]1(C)O[C@H]1[C@H](C)[C@@H]1C[C@@](O)(NC(=O)O1)[C@H](OC)/C=C/C=C(\C)C2. The number of ketones is 2. The normalized spacial score (nSPS) is 25.2. The predicted molar refractivity (Wildman–Crippen MR) is 344 cm³/mol. The number of hydrogen-bond acceptors (Lipinski definition) is 20. The van der Waals surface area contributed by atoms with Gasteiger partial charge in [-0.1, -0.05) is 62.6 Å². The number of carboxylic acid groups (broad SMARTS) is 1. The first-order chi connectivity index (χ1) is 42.4. The van der Waals surface area contributed by atoms with Crippen LogP contribution in [-0.2, 0) is 70.1 Å². The topological polar surface area (TPSA) is 307 Å². The summed E-state index contributed by atoms with van der Waals surface area (Å²) in [5, 5.41) is 25.8. The number of hydrogen-bond donors (Lipinski definition) is 4. The minimum Gasteiger partial charge on any atom is -0.495 e. The number of nitrogens with zero attached hydrogens (tertiary/aromatic N) is 4. The molecular weight excluding hydrogens is 1240 g/mol. The molecule has 3 fully saturated rings. The molecule has 9 atom stereocenters. The standard InChI is InChI=1S/C63H83ClN6O17S3/c1-35-17-16-19-49(84-10)63(82)33-46(85-60(81)67-63)36(2)57-62(6,87-57)50(32-53(75)69(8)42-26-38(25-35)27-45(83-9)56(42)64)86-59(80)37(3)68(7)52(74)20-22-61(4,5)90-48-30-54(76)70(58(48)79)23-15-13-14-18-43(71)39-28-41(66-51(73)21-24-88-11)40(65-34-39)29-44(72)47(89-12)31-55(77)78/h16-17,19,26-28,31,34,36-37,46,48-50,57,82H,13-15,18,20-25,29-30,32-33H2,1-12H3,(H,66,73)(H,67,81)(H,77,78)/b19-16+,35-17+,47-31+/t36-,37+,46+,48?,49-,50+,57+,62+,63+/m1/s1. The van der Waals surface area contributed by atoms with Crippen molar-refractivity contribution in [3.63, 3.8) is 0 Å². The number of nitrogens with one attached hydrogen (secondary N) is 2. The van der Waals surface area contributed by atoms with E-state index in [0.717, 1.165) is 29.0 Å². The number of amides is 6. The van der Waals surface area contributed by atoms with E-state index in [4.69, 9.17) is 35.3 Å². The number of methoxy groups -OCH3 is 2. The number of Topliss-reactive ketones (excluding diaryl/α,β-unsaturated/α-hetero) is 2. The highest BCUT2D eigenvalue weighted by atomic mass is 35.5.